The Morgan fingerprint density at radius 2 is 2.42 bits per heavy atom. The summed E-state index contributed by atoms with van der Waals surface area (Å²) >= 11 is 0. The molecule has 4 heteroatoms. The molecule has 0 unspecified atom stereocenters. The van der Waals surface area contributed by atoms with Crippen molar-refractivity contribution in [1.29, 1.82) is 0 Å². The molecule has 1 rings (SSSR count). The number of nitrogens with one attached hydrogen (secondary N) is 1. The van der Waals surface area contributed by atoms with E-state index in [9.17, 15) is 0 Å². The minimum Gasteiger partial charge on any atom is -0.260 e. The molecule has 0 fully saturated rings. The van der Waals surface area contributed by atoms with E-state index in [1.807, 2.05) is 12.3 Å². The van der Waals surface area contributed by atoms with Crippen LogP contribution < -0.4 is 5.43 Å². The number of aromatic nitrogens is 2. The lowest BCUT2D eigenvalue weighted by Crippen LogP contribution is -1.96. The highest BCUT2D eigenvalue weighted by atomic mass is 15.3. The molecule has 4 nitrogen and oxygen atoms in total. The first kappa shape index (κ1) is 8.64. The van der Waals surface area contributed by atoms with Crippen LogP contribution in [0.5, 0.6) is 0 Å². The fourth-order valence-electron chi connectivity index (χ4n) is 0.614. The van der Waals surface area contributed by atoms with Crippen LogP contribution in [0.3, 0.4) is 0 Å². The number of hydrogen-bond acceptors (Lipinski definition) is 4. The molecule has 0 spiro atoms. The first-order valence-corrected chi connectivity index (χ1v) is 3.86. The Balaban J connectivity index is 2.43. The lowest BCUT2D eigenvalue weighted by atomic mass is 10.3. The summed E-state index contributed by atoms with van der Waals surface area (Å²) in [5, 5.41) is 11.5. The van der Waals surface area contributed by atoms with E-state index in [2.05, 4.69) is 34.6 Å². The lowest BCUT2D eigenvalue weighted by molar-refractivity contribution is 0.902. The Bertz CT molecular complexity index is 242. The molecule has 1 aromatic heterocycles. The fourth-order valence-corrected chi connectivity index (χ4v) is 0.614. The highest BCUT2D eigenvalue weighted by Gasteiger charge is 1.87. The van der Waals surface area contributed by atoms with E-state index in [-0.39, 0.29) is 0 Å². The van der Waals surface area contributed by atoms with Gasteiger partial charge in [-0.05, 0) is 18.1 Å². The number of rotatable bonds is 3. The summed E-state index contributed by atoms with van der Waals surface area (Å²) < 4.78 is 0. The second kappa shape index (κ2) is 4.43. The summed E-state index contributed by atoms with van der Waals surface area (Å²) in [4.78, 5) is 0. The maximum Gasteiger partial charge on any atom is 0.168 e. The Morgan fingerprint density at radius 3 is 3.00 bits per heavy atom. The maximum absolute atomic E-state index is 3.96. The second-order valence-corrected chi connectivity index (χ2v) is 2.74. The molecular weight excluding hydrogens is 152 g/mol. The van der Waals surface area contributed by atoms with Gasteiger partial charge in [0.2, 0.25) is 0 Å². The molecule has 0 saturated carbocycles. The van der Waals surface area contributed by atoms with Crippen LogP contribution in [0.25, 0.3) is 0 Å². The standard InChI is InChI=1S/C8H12N4/c1-7(2)6-10-12-8-4-3-5-9-11-8/h3-7H,1-2H3,(H,11,12)/b10-6+. The van der Waals surface area contributed by atoms with E-state index in [1.54, 1.807) is 12.3 Å². The predicted octanol–water partition coefficient (Wildman–Crippen LogP) is 1.53. The fraction of sp³-hybridized carbons (Fsp3) is 0.375. The van der Waals surface area contributed by atoms with E-state index < -0.39 is 0 Å². The molecule has 0 bridgehead atoms. The third-order valence-electron chi connectivity index (χ3n) is 1.12. The molecule has 0 aliphatic carbocycles. The van der Waals surface area contributed by atoms with Crippen molar-refractivity contribution in [3.8, 4) is 0 Å². The summed E-state index contributed by atoms with van der Waals surface area (Å²) in [6, 6.07) is 3.62. The zero-order chi connectivity index (χ0) is 8.81. The van der Waals surface area contributed by atoms with Crippen LogP contribution in [-0.4, -0.2) is 16.4 Å². The highest BCUT2D eigenvalue weighted by Crippen LogP contribution is 1.96. The second-order valence-electron chi connectivity index (χ2n) is 2.74. The van der Waals surface area contributed by atoms with Gasteiger partial charge in [0, 0.05) is 12.4 Å². The third kappa shape index (κ3) is 3.09. The average Bonchev–Trinajstić information content (AvgIpc) is 2.05. The number of anilines is 1. The van der Waals surface area contributed by atoms with Gasteiger partial charge in [-0.3, -0.25) is 5.43 Å². The molecular formula is C8H12N4. The van der Waals surface area contributed by atoms with Crippen LogP contribution >= 0.6 is 0 Å². The van der Waals surface area contributed by atoms with Gasteiger partial charge in [0.25, 0.3) is 0 Å². The van der Waals surface area contributed by atoms with Crippen molar-refractivity contribution in [2.75, 3.05) is 5.43 Å². The largest absolute Gasteiger partial charge is 0.260 e. The average molecular weight is 164 g/mol. The Morgan fingerprint density at radius 1 is 1.58 bits per heavy atom. The van der Waals surface area contributed by atoms with Gasteiger partial charge in [-0.1, -0.05) is 13.8 Å². The molecule has 0 amide bonds. The molecule has 64 valence electrons. The number of hydrazone groups is 1. The molecule has 0 saturated heterocycles. The molecule has 0 aromatic carbocycles. The zero-order valence-corrected chi connectivity index (χ0v) is 7.23. The number of nitrogens with zero attached hydrogens (tertiary/aromatic N) is 3. The van der Waals surface area contributed by atoms with Crippen LogP contribution in [0.2, 0.25) is 0 Å². The van der Waals surface area contributed by atoms with Gasteiger partial charge >= 0.3 is 0 Å². The van der Waals surface area contributed by atoms with E-state index in [1.165, 1.54) is 0 Å². The minimum atomic E-state index is 0.439. The predicted molar refractivity (Wildman–Crippen MR) is 49.0 cm³/mol. The summed E-state index contributed by atoms with van der Waals surface area (Å²) in [5.74, 6) is 1.10. The van der Waals surface area contributed by atoms with Crippen LogP contribution in [0.4, 0.5) is 5.82 Å². The molecule has 1 N–H and O–H groups in total. The summed E-state index contributed by atoms with van der Waals surface area (Å²) in [6.07, 6.45) is 3.44. The summed E-state index contributed by atoms with van der Waals surface area (Å²) in [6.45, 7) is 4.11. The monoisotopic (exact) mass is 164 g/mol. The first-order chi connectivity index (χ1) is 5.79. The van der Waals surface area contributed by atoms with Crippen molar-refractivity contribution in [3.63, 3.8) is 0 Å². The molecule has 0 atom stereocenters. The van der Waals surface area contributed by atoms with Gasteiger partial charge in [0.05, 0.1) is 0 Å². The first-order valence-electron chi connectivity index (χ1n) is 3.86. The Labute approximate surface area is 71.7 Å². The maximum atomic E-state index is 3.96. The van der Waals surface area contributed by atoms with Crippen LogP contribution in [0, 0.1) is 5.92 Å². The van der Waals surface area contributed by atoms with Gasteiger partial charge in [0.1, 0.15) is 0 Å². The molecule has 0 radical (unpaired) electrons. The minimum absolute atomic E-state index is 0.439. The lowest BCUT2D eigenvalue weighted by Gasteiger charge is -1.96. The van der Waals surface area contributed by atoms with E-state index in [0.717, 1.165) is 0 Å². The van der Waals surface area contributed by atoms with Gasteiger partial charge in [-0.15, -0.1) is 5.10 Å². The zero-order valence-electron chi connectivity index (χ0n) is 7.23. The van der Waals surface area contributed by atoms with E-state index in [4.69, 9.17) is 0 Å². The van der Waals surface area contributed by atoms with Crippen molar-refractivity contribution in [1.82, 2.24) is 10.2 Å². The van der Waals surface area contributed by atoms with Crippen molar-refractivity contribution in [2.45, 2.75) is 13.8 Å². The van der Waals surface area contributed by atoms with Crippen LogP contribution in [0.1, 0.15) is 13.8 Å². The van der Waals surface area contributed by atoms with E-state index in [0.29, 0.717) is 11.7 Å². The smallest absolute Gasteiger partial charge is 0.168 e. The van der Waals surface area contributed by atoms with Gasteiger partial charge in [0.15, 0.2) is 5.82 Å². The van der Waals surface area contributed by atoms with Crippen molar-refractivity contribution in [3.05, 3.63) is 18.3 Å². The Kier molecular flexibility index (Phi) is 3.19. The molecule has 1 aromatic rings. The molecule has 0 aliphatic heterocycles. The van der Waals surface area contributed by atoms with Crippen molar-refractivity contribution in [2.24, 2.45) is 11.0 Å². The van der Waals surface area contributed by atoms with Crippen molar-refractivity contribution < 1.29 is 0 Å². The van der Waals surface area contributed by atoms with Crippen molar-refractivity contribution >= 4 is 12.0 Å². The summed E-state index contributed by atoms with van der Waals surface area (Å²) in [7, 11) is 0. The van der Waals surface area contributed by atoms with Crippen LogP contribution in [0.15, 0.2) is 23.4 Å². The number of hydrogen-bond donors (Lipinski definition) is 1. The van der Waals surface area contributed by atoms with Crippen LogP contribution in [-0.2, 0) is 0 Å². The van der Waals surface area contributed by atoms with E-state index >= 15 is 0 Å². The normalized spacial score (nSPS) is 10.9. The van der Waals surface area contributed by atoms with Gasteiger partial charge < -0.3 is 0 Å². The van der Waals surface area contributed by atoms with Gasteiger partial charge in [-0.2, -0.15) is 10.2 Å². The van der Waals surface area contributed by atoms with Gasteiger partial charge in [-0.25, -0.2) is 0 Å². The molecule has 12 heavy (non-hydrogen) atoms. The SMILES string of the molecule is CC(C)/C=N/Nc1cccnn1. The topological polar surface area (TPSA) is 50.2 Å². The third-order valence-corrected chi connectivity index (χ3v) is 1.12. The highest BCUT2D eigenvalue weighted by molar-refractivity contribution is 5.60. The summed E-state index contributed by atoms with van der Waals surface area (Å²) in [5.41, 5.74) is 2.77. The quantitative estimate of drug-likeness (QED) is 0.544. The molecule has 0 aliphatic rings. The Hall–Kier alpha value is -1.45. The molecule has 1 heterocycles.